The molecule has 0 aromatic rings. The van der Waals surface area contributed by atoms with Gasteiger partial charge in [-0.1, -0.05) is 0 Å². The summed E-state index contributed by atoms with van der Waals surface area (Å²) in [4.78, 5) is 85.1. The van der Waals surface area contributed by atoms with Crippen molar-refractivity contribution < 1.29 is 52.5 Å². The third-order valence-corrected chi connectivity index (χ3v) is 6.05. The molecule has 0 aromatic heterocycles. The highest BCUT2D eigenvalue weighted by Crippen LogP contribution is 2.11. The van der Waals surface area contributed by atoms with Crippen molar-refractivity contribution in [2.75, 3.05) is 39.4 Å². The van der Waals surface area contributed by atoms with Crippen molar-refractivity contribution >= 4 is 53.5 Å². The van der Waals surface area contributed by atoms with E-state index in [1.165, 1.54) is 6.92 Å². The number of alkyl carbamates (subject to hydrolysis) is 1. The molecular weight excluding hydrogens is 566 g/mol. The molecule has 0 spiro atoms. The van der Waals surface area contributed by atoms with Gasteiger partial charge in [0.1, 0.15) is 30.3 Å². The van der Waals surface area contributed by atoms with Gasteiger partial charge in [-0.3, -0.25) is 19.2 Å². The van der Waals surface area contributed by atoms with Crippen LogP contribution in [-0.2, 0) is 47.7 Å². The van der Waals surface area contributed by atoms with E-state index in [1.807, 2.05) is 0 Å². The summed E-state index contributed by atoms with van der Waals surface area (Å²) in [6.45, 7) is 5.89. The van der Waals surface area contributed by atoms with Gasteiger partial charge in [-0.15, -0.1) is 0 Å². The van der Waals surface area contributed by atoms with Crippen molar-refractivity contribution in [1.29, 1.82) is 0 Å². The molecule has 17 heteroatoms. The number of hydrogen-bond acceptors (Lipinski definition) is 13. The molecule has 0 unspecified atom stereocenters. The van der Waals surface area contributed by atoms with E-state index in [2.05, 4.69) is 30.7 Å². The van der Waals surface area contributed by atoms with E-state index in [-0.39, 0.29) is 24.3 Å². The maximum absolute atomic E-state index is 12.7. The fraction of sp³-hybridized carbons (Fsp3) is 0.708. The molecule has 0 aliphatic rings. The van der Waals surface area contributed by atoms with Gasteiger partial charge in [0.2, 0.25) is 17.7 Å². The fourth-order valence-corrected chi connectivity index (χ4v) is 3.90. The van der Waals surface area contributed by atoms with E-state index in [0.29, 0.717) is 0 Å². The lowest BCUT2D eigenvalue weighted by molar-refractivity contribution is -0.145. The topological polar surface area (TPSA) is 231 Å². The summed E-state index contributed by atoms with van der Waals surface area (Å²) in [6.07, 6.45) is -1.31. The normalized spacial score (nSPS) is 13.8. The molecule has 0 fully saturated rings. The lowest BCUT2D eigenvalue weighted by Gasteiger charge is -2.23. The molecule has 6 N–H and O–H groups in total. The van der Waals surface area contributed by atoms with E-state index in [4.69, 9.17) is 15.2 Å². The lowest BCUT2D eigenvalue weighted by Crippen LogP contribution is -2.51. The summed E-state index contributed by atoms with van der Waals surface area (Å²) in [7, 11) is 3.39. The quantitative estimate of drug-likeness (QED) is 0.0979. The van der Waals surface area contributed by atoms with Crippen molar-refractivity contribution in [2.24, 2.45) is 5.73 Å². The summed E-state index contributed by atoms with van der Waals surface area (Å²) < 4.78 is 19.0. The molecule has 0 bridgehead atoms. The number of ether oxygens (including phenoxy) is 4. The molecule has 4 amide bonds. The number of esters is 3. The Morgan fingerprint density at radius 3 is 1.85 bits per heavy atom. The maximum Gasteiger partial charge on any atom is 0.408 e. The van der Waals surface area contributed by atoms with Gasteiger partial charge in [-0.2, -0.15) is 11.8 Å². The van der Waals surface area contributed by atoms with Crippen LogP contribution < -0.4 is 27.0 Å². The predicted molar refractivity (Wildman–Crippen MR) is 146 cm³/mol. The molecule has 0 aliphatic carbocycles. The van der Waals surface area contributed by atoms with Crippen LogP contribution in [0, 0.1) is 0 Å². The molecule has 0 radical (unpaired) electrons. The van der Waals surface area contributed by atoms with Gasteiger partial charge < -0.3 is 45.9 Å². The third-order valence-electron chi connectivity index (χ3n) is 4.91. The first-order valence-corrected chi connectivity index (χ1v) is 13.6. The van der Waals surface area contributed by atoms with Gasteiger partial charge in [-0.05, 0) is 34.1 Å². The number of amides is 4. The molecule has 0 rings (SSSR count). The number of thioether (sulfide) groups is 1. The highest BCUT2D eigenvalue weighted by molar-refractivity contribution is 7.99. The lowest BCUT2D eigenvalue weighted by atomic mass is 10.1. The van der Waals surface area contributed by atoms with Gasteiger partial charge in [-0.25, -0.2) is 14.4 Å². The van der Waals surface area contributed by atoms with Crippen LogP contribution in [0.4, 0.5) is 4.79 Å². The Kier molecular flexibility index (Phi) is 17.1. The summed E-state index contributed by atoms with van der Waals surface area (Å²) >= 11 is 1.02. The maximum atomic E-state index is 12.7. The van der Waals surface area contributed by atoms with Gasteiger partial charge >= 0.3 is 24.0 Å². The van der Waals surface area contributed by atoms with Crippen molar-refractivity contribution in [1.82, 2.24) is 21.3 Å². The molecular formula is C24H41N5O11S. The highest BCUT2D eigenvalue weighted by Gasteiger charge is 2.28. The second-order valence-corrected chi connectivity index (χ2v) is 10.7. The van der Waals surface area contributed by atoms with E-state index in [9.17, 15) is 33.6 Å². The molecule has 0 aromatic carbocycles. The van der Waals surface area contributed by atoms with Crippen LogP contribution in [-0.4, -0.2) is 111 Å². The Bertz CT molecular complexity index is 939. The van der Waals surface area contributed by atoms with Crippen LogP contribution in [0.1, 0.15) is 40.5 Å². The number of carbonyl (C=O) groups is 7. The first-order chi connectivity index (χ1) is 19.0. The van der Waals surface area contributed by atoms with Crippen molar-refractivity contribution in [3.8, 4) is 0 Å². The number of hydrogen-bond donors (Lipinski definition) is 5. The van der Waals surface area contributed by atoms with Crippen LogP contribution in [0.3, 0.4) is 0 Å². The van der Waals surface area contributed by atoms with Crippen molar-refractivity contribution in [3.05, 3.63) is 0 Å². The number of nitrogens with two attached hydrogens (primary N) is 1. The molecule has 41 heavy (non-hydrogen) atoms. The van der Waals surface area contributed by atoms with E-state index < -0.39 is 78.0 Å². The van der Waals surface area contributed by atoms with Crippen LogP contribution in [0.2, 0.25) is 0 Å². The fourth-order valence-electron chi connectivity index (χ4n) is 2.84. The summed E-state index contributed by atoms with van der Waals surface area (Å²) in [5.41, 5.74) is 4.69. The minimum absolute atomic E-state index is 0.0592. The summed E-state index contributed by atoms with van der Waals surface area (Å²) in [6, 6.07) is -4.41. The molecule has 234 valence electrons. The predicted octanol–water partition coefficient (Wildman–Crippen LogP) is -1.65. The number of methoxy groups -OCH3 is 3. The van der Waals surface area contributed by atoms with Gasteiger partial charge in [0.15, 0.2) is 0 Å². The van der Waals surface area contributed by atoms with Crippen LogP contribution >= 0.6 is 11.8 Å². The SMILES string of the molecule is COC(=O)CNC(=O)[C@@H](CSC[C@H](NC(=O)OC(C)(C)C)C(=O)OC)NC(=O)CC[C@@H](NC(=O)[C@H](C)N)C(=O)OC. The monoisotopic (exact) mass is 607 g/mol. The Morgan fingerprint density at radius 2 is 1.34 bits per heavy atom. The standard InChI is InChI=1S/C24H41N5O11S/c1-13(25)19(32)28-14(21(34)38-6)8-9-17(30)27-15(20(33)26-10-18(31)37-5)11-41-12-16(22(35)39-7)29-23(36)40-24(2,3)4/h13-16H,8-12,25H2,1-7H3,(H,26,33)(H,27,30)(H,28,32)(H,29,36)/t13-,14+,15+,16-/m0/s1. The van der Waals surface area contributed by atoms with Gasteiger partial charge in [0.25, 0.3) is 0 Å². The summed E-state index contributed by atoms with van der Waals surface area (Å²) in [5.74, 6) is -4.46. The largest absolute Gasteiger partial charge is 0.468 e. The van der Waals surface area contributed by atoms with Crippen LogP contribution in [0.5, 0.6) is 0 Å². The molecule has 0 saturated carbocycles. The van der Waals surface area contributed by atoms with Crippen molar-refractivity contribution in [2.45, 2.75) is 70.3 Å². The average molecular weight is 608 g/mol. The first-order valence-electron chi connectivity index (χ1n) is 12.5. The smallest absolute Gasteiger partial charge is 0.408 e. The zero-order chi connectivity index (χ0) is 31.8. The molecule has 0 saturated heterocycles. The Balaban J connectivity index is 5.43. The van der Waals surface area contributed by atoms with Gasteiger partial charge in [0, 0.05) is 17.9 Å². The first kappa shape index (κ1) is 37.4. The molecule has 0 heterocycles. The van der Waals surface area contributed by atoms with E-state index in [1.54, 1.807) is 20.8 Å². The third kappa shape index (κ3) is 16.3. The summed E-state index contributed by atoms with van der Waals surface area (Å²) in [5, 5.41) is 9.61. The number of nitrogens with one attached hydrogen (secondary N) is 4. The Labute approximate surface area is 242 Å². The van der Waals surface area contributed by atoms with Crippen LogP contribution in [0.25, 0.3) is 0 Å². The molecule has 0 aliphatic heterocycles. The van der Waals surface area contributed by atoms with E-state index in [0.717, 1.165) is 33.1 Å². The minimum Gasteiger partial charge on any atom is -0.468 e. The average Bonchev–Trinajstić information content (AvgIpc) is 2.90. The second-order valence-electron chi connectivity index (χ2n) is 9.59. The van der Waals surface area contributed by atoms with Crippen LogP contribution in [0.15, 0.2) is 0 Å². The number of rotatable bonds is 16. The highest BCUT2D eigenvalue weighted by atomic mass is 32.2. The zero-order valence-corrected chi connectivity index (χ0v) is 25.1. The Morgan fingerprint density at radius 1 is 0.780 bits per heavy atom. The van der Waals surface area contributed by atoms with E-state index >= 15 is 0 Å². The van der Waals surface area contributed by atoms with Crippen molar-refractivity contribution in [3.63, 3.8) is 0 Å². The Hall–Kier alpha value is -3.60. The second kappa shape index (κ2) is 18.7. The minimum atomic E-state index is -1.20. The molecule has 16 nitrogen and oxygen atoms in total. The zero-order valence-electron chi connectivity index (χ0n) is 24.3. The number of carbonyl (C=O) groups excluding carboxylic acids is 7. The van der Waals surface area contributed by atoms with Gasteiger partial charge in [0.05, 0.1) is 27.4 Å². The molecule has 4 atom stereocenters.